The molecular formula is C13H25NO4. The topological polar surface area (TPSA) is 56.8 Å². The Morgan fingerprint density at radius 2 is 2.00 bits per heavy atom. The molecule has 0 spiro atoms. The van der Waals surface area contributed by atoms with Crippen LogP contribution < -0.4 is 5.32 Å². The molecule has 0 heterocycles. The summed E-state index contributed by atoms with van der Waals surface area (Å²) in [6, 6.07) is 0.108. The fourth-order valence-electron chi connectivity index (χ4n) is 1.53. The molecule has 5 nitrogen and oxygen atoms in total. The Hall–Kier alpha value is -0.650. The quantitative estimate of drug-likeness (QED) is 0.445. The van der Waals surface area contributed by atoms with E-state index in [2.05, 4.69) is 12.2 Å². The highest BCUT2D eigenvalue weighted by Crippen LogP contribution is 2.19. The van der Waals surface area contributed by atoms with E-state index < -0.39 is 0 Å². The molecule has 1 unspecified atom stereocenters. The number of carbonyl (C=O) groups excluding carboxylic acids is 1. The molecule has 0 aromatic heterocycles. The van der Waals surface area contributed by atoms with E-state index >= 15 is 0 Å². The zero-order chi connectivity index (χ0) is 13.2. The molecule has 0 radical (unpaired) electrons. The van der Waals surface area contributed by atoms with Crippen LogP contribution in [0.4, 0.5) is 0 Å². The minimum absolute atomic E-state index is 0.256. The maximum absolute atomic E-state index is 11.5. The molecule has 106 valence electrons. The molecule has 1 saturated carbocycles. The third kappa shape index (κ3) is 6.93. The van der Waals surface area contributed by atoms with Crippen molar-refractivity contribution in [3.8, 4) is 0 Å². The highest BCUT2D eigenvalue weighted by molar-refractivity contribution is 5.75. The number of ether oxygens (including phenoxy) is 3. The number of methoxy groups -OCH3 is 1. The van der Waals surface area contributed by atoms with Crippen molar-refractivity contribution in [2.24, 2.45) is 0 Å². The Morgan fingerprint density at radius 3 is 2.61 bits per heavy atom. The molecule has 0 aliphatic heterocycles. The van der Waals surface area contributed by atoms with Gasteiger partial charge in [-0.25, -0.2) is 0 Å². The van der Waals surface area contributed by atoms with Crippen LogP contribution in [0.1, 0.15) is 32.6 Å². The average Bonchev–Trinajstić information content (AvgIpc) is 3.19. The van der Waals surface area contributed by atoms with Gasteiger partial charge >= 0.3 is 5.97 Å². The van der Waals surface area contributed by atoms with E-state index in [9.17, 15) is 4.79 Å². The number of hydrogen-bond donors (Lipinski definition) is 1. The standard InChI is InChI=1S/C13H25NO4/c1-3-4-7-17-8-9-18-10-12(13(15)16-2)14-11-5-6-11/h11-12,14H,3-10H2,1-2H3. The largest absolute Gasteiger partial charge is 0.468 e. The second-order valence-electron chi connectivity index (χ2n) is 4.56. The molecule has 1 atom stereocenters. The predicted octanol–water partition coefficient (Wildman–Crippen LogP) is 1.11. The lowest BCUT2D eigenvalue weighted by molar-refractivity contribution is -0.145. The van der Waals surface area contributed by atoms with Crippen LogP contribution in [0.25, 0.3) is 0 Å². The van der Waals surface area contributed by atoms with Crippen molar-refractivity contribution in [1.29, 1.82) is 0 Å². The molecule has 1 aliphatic carbocycles. The number of nitrogens with one attached hydrogen (secondary N) is 1. The van der Waals surface area contributed by atoms with E-state index in [1.165, 1.54) is 7.11 Å². The third-order valence-corrected chi connectivity index (χ3v) is 2.80. The van der Waals surface area contributed by atoms with Crippen molar-refractivity contribution in [1.82, 2.24) is 5.32 Å². The fraction of sp³-hybridized carbons (Fsp3) is 0.923. The van der Waals surface area contributed by atoms with E-state index in [0.717, 1.165) is 32.3 Å². The molecule has 1 N–H and O–H groups in total. The van der Waals surface area contributed by atoms with Crippen LogP contribution in [0.5, 0.6) is 0 Å². The van der Waals surface area contributed by atoms with Gasteiger partial charge in [-0.05, 0) is 19.3 Å². The van der Waals surface area contributed by atoms with Crippen LogP contribution in [0.2, 0.25) is 0 Å². The lowest BCUT2D eigenvalue weighted by Gasteiger charge is -2.16. The normalized spacial score (nSPS) is 16.6. The molecule has 0 aromatic rings. The average molecular weight is 259 g/mol. The molecule has 5 heteroatoms. The monoisotopic (exact) mass is 259 g/mol. The molecular weight excluding hydrogens is 234 g/mol. The summed E-state index contributed by atoms with van der Waals surface area (Å²) in [7, 11) is 1.40. The van der Waals surface area contributed by atoms with E-state index in [-0.39, 0.29) is 12.0 Å². The van der Waals surface area contributed by atoms with Crippen LogP contribution in [0, 0.1) is 0 Å². The van der Waals surface area contributed by atoms with Gasteiger partial charge in [0.2, 0.25) is 0 Å². The SMILES string of the molecule is CCCCOCCOCC(NC1CC1)C(=O)OC. The summed E-state index contributed by atoms with van der Waals surface area (Å²) >= 11 is 0. The van der Waals surface area contributed by atoms with Gasteiger partial charge in [-0.15, -0.1) is 0 Å². The first kappa shape index (κ1) is 15.4. The minimum atomic E-state index is -0.349. The summed E-state index contributed by atoms with van der Waals surface area (Å²) in [6.45, 7) is 4.35. The van der Waals surface area contributed by atoms with Crippen molar-refractivity contribution < 1.29 is 19.0 Å². The van der Waals surface area contributed by atoms with Gasteiger partial charge in [0, 0.05) is 12.6 Å². The van der Waals surface area contributed by atoms with Gasteiger partial charge in [0.05, 0.1) is 26.9 Å². The lowest BCUT2D eigenvalue weighted by Crippen LogP contribution is -2.42. The van der Waals surface area contributed by atoms with Crippen LogP contribution >= 0.6 is 0 Å². The molecule has 18 heavy (non-hydrogen) atoms. The number of unbranched alkanes of at least 4 members (excludes halogenated alkanes) is 1. The van der Waals surface area contributed by atoms with E-state index in [1.807, 2.05) is 0 Å². The first-order chi connectivity index (χ1) is 8.77. The van der Waals surface area contributed by atoms with Gasteiger partial charge < -0.3 is 14.2 Å². The molecule has 0 amide bonds. The number of carbonyl (C=O) groups is 1. The predicted molar refractivity (Wildman–Crippen MR) is 68.5 cm³/mol. The van der Waals surface area contributed by atoms with Crippen molar-refractivity contribution in [2.45, 2.75) is 44.7 Å². The summed E-state index contributed by atoms with van der Waals surface area (Å²) < 4.78 is 15.6. The molecule has 1 fully saturated rings. The van der Waals surface area contributed by atoms with Crippen LogP contribution in [0.3, 0.4) is 0 Å². The summed E-state index contributed by atoms with van der Waals surface area (Å²) in [6.07, 6.45) is 4.48. The minimum Gasteiger partial charge on any atom is -0.468 e. The number of hydrogen-bond acceptors (Lipinski definition) is 5. The molecule has 0 aromatic carbocycles. The molecule has 0 saturated heterocycles. The zero-order valence-electron chi connectivity index (χ0n) is 11.4. The Morgan fingerprint density at radius 1 is 1.28 bits per heavy atom. The van der Waals surface area contributed by atoms with E-state index in [1.54, 1.807) is 0 Å². The van der Waals surface area contributed by atoms with Gasteiger partial charge in [0.1, 0.15) is 6.04 Å². The van der Waals surface area contributed by atoms with Gasteiger partial charge in [-0.2, -0.15) is 0 Å². The highest BCUT2D eigenvalue weighted by Gasteiger charge is 2.28. The first-order valence-electron chi connectivity index (χ1n) is 6.77. The van der Waals surface area contributed by atoms with E-state index in [0.29, 0.717) is 25.9 Å². The molecule has 1 rings (SSSR count). The summed E-state index contributed by atoms with van der Waals surface area (Å²) in [5, 5.41) is 3.21. The van der Waals surface area contributed by atoms with Crippen LogP contribution in [-0.2, 0) is 19.0 Å². The molecule has 1 aliphatic rings. The Labute approximate surface area is 109 Å². The molecule has 0 bridgehead atoms. The van der Waals surface area contributed by atoms with Crippen molar-refractivity contribution in [3.05, 3.63) is 0 Å². The Bertz CT molecular complexity index is 231. The van der Waals surface area contributed by atoms with Gasteiger partial charge in [0.25, 0.3) is 0 Å². The Balaban J connectivity index is 2.03. The maximum atomic E-state index is 11.5. The zero-order valence-corrected chi connectivity index (χ0v) is 11.4. The highest BCUT2D eigenvalue weighted by atomic mass is 16.5. The third-order valence-electron chi connectivity index (χ3n) is 2.80. The van der Waals surface area contributed by atoms with Crippen molar-refractivity contribution in [2.75, 3.05) is 33.5 Å². The fourth-order valence-corrected chi connectivity index (χ4v) is 1.53. The summed E-state index contributed by atoms with van der Waals surface area (Å²) in [4.78, 5) is 11.5. The second-order valence-corrected chi connectivity index (χ2v) is 4.56. The lowest BCUT2D eigenvalue weighted by atomic mass is 10.3. The van der Waals surface area contributed by atoms with Gasteiger partial charge in [0.15, 0.2) is 0 Å². The summed E-state index contributed by atoms with van der Waals surface area (Å²) in [5.41, 5.74) is 0. The number of esters is 1. The van der Waals surface area contributed by atoms with Crippen LogP contribution in [0.15, 0.2) is 0 Å². The van der Waals surface area contributed by atoms with Crippen molar-refractivity contribution >= 4 is 5.97 Å². The Kier molecular flexibility index (Phi) is 7.96. The maximum Gasteiger partial charge on any atom is 0.325 e. The first-order valence-corrected chi connectivity index (χ1v) is 6.77. The van der Waals surface area contributed by atoms with Gasteiger partial charge in [-0.1, -0.05) is 13.3 Å². The van der Waals surface area contributed by atoms with Crippen LogP contribution in [-0.4, -0.2) is 51.6 Å². The van der Waals surface area contributed by atoms with Crippen molar-refractivity contribution in [3.63, 3.8) is 0 Å². The van der Waals surface area contributed by atoms with Gasteiger partial charge in [-0.3, -0.25) is 10.1 Å². The second kappa shape index (κ2) is 9.30. The van der Waals surface area contributed by atoms with E-state index in [4.69, 9.17) is 14.2 Å². The summed E-state index contributed by atoms with van der Waals surface area (Å²) in [5.74, 6) is -0.256. The number of rotatable bonds is 11. The smallest absolute Gasteiger partial charge is 0.325 e.